The summed E-state index contributed by atoms with van der Waals surface area (Å²) in [7, 11) is 0. The number of hydrogen-bond donors (Lipinski definition) is 1. The molecular weight excluding hydrogens is 228 g/mol. The summed E-state index contributed by atoms with van der Waals surface area (Å²) < 4.78 is 5.36. The maximum atomic E-state index is 6.13. The highest BCUT2D eigenvalue weighted by molar-refractivity contribution is 4.99. The maximum absolute atomic E-state index is 6.13. The molecule has 0 aliphatic heterocycles. The van der Waals surface area contributed by atoms with Crippen molar-refractivity contribution in [1.82, 2.24) is 15.0 Å². The predicted molar refractivity (Wildman–Crippen MR) is 70.2 cm³/mol. The molecule has 0 bridgehead atoms. The summed E-state index contributed by atoms with van der Waals surface area (Å²) in [6.07, 6.45) is 4.89. The van der Waals surface area contributed by atoms with Crippen LogP contribution in [0, 0.1) is 0 Å². The van der Waals surface area contributed by atoms with Crippen molar-refractivity contribution in [2.45, 2.75) is 51.5 Å². The molecule has 1 aromatic rings. The van der Waals surface area contributed by atoms with Crippen LogP contribution in [0.2, 0.25) is 0 Å². The molecule has 1 unspecified atom stereocenters. The lowest BCUT2D eigenvalue weighted by atomic mass is 10.1. The molecule has 1 aliphatic carbocycles. The van der Waals surface area contributed by atoms with Gasteiger partial charge in [-0.3, -0.25) is 0 Å². The lowest BCUT2D eigenvalue weighted by Gasteiger charge is -2.20. The lowest BCUT2D eigenvalue weighted by Crippen LogP contribution is -2.32. The Hall–Kier alpha value is -0.940. The van der Waals surface area contributed by atoms with Gasteiger partial charge in [0.05, 0.1) is 6.04 Å². The smallest absolute Gasteiger partial charge is 0.229 e. The number of likely N-dealkylation sites (N-methyl/N-ethyl adjacent to an activating group) is 1. The fourth-order valence-electron chi connectivity index (χ4n) is 2.58. The third-order valence-corrected chi connectivity index (χ3v) is 3.84. The van der Waals surface area contributed by atoms with E-state index in [4.69, 9.17) is 10.3 Å². The molecule has 1 atom stereocenters. The molecule has 2 rings (SSSR count). The quantitative estimate of drug-likeness (QED) is 0.839. The van der Waals surface area contributed by atoms with Crippen LogP contribution in [0.3, 0.4) is 0 Å². The molecule has 1 saturated carbocycles. The van der Waals surface area contributed by atoms with Crippen molar-refractivity contribution < 1.29 is 4.52 Å². The Kier molecular flexibility index (Phi) is 4.72. The second-order valence-electron chi connectivity index (χ2n) is 5.06. The molecule has 0 radical (unpaired) electrons. The van der Waals surface area contributed by atoms with Crippen LogP contribution in [-0.2, 0) is 0 Å². The van der Waals surface area contributed by atoms with Crippen molar-refractivity contribution in [3.63, 3.8) is 0 Å². The first-order chi connectivity index (χ1) is 8.74. The third kappa shape index (κ3) is 3.09. The van der Waals surface area contributed by atoms with Crippen LogP contribution in [-0.4, -0.2) is 34.7 Å². The standard InChI is InChI=1S/C13H24N4O/c1-3-17(4-2)9-11(14)12-15-13(18-16-12)10-7-5-6-8-10/h10-11H,3-9,14H2,1-2H3. The highest BCUT2D eigenvalue weighted by atomic mass is 16.5. The summed E-state index contributed by atoms with van der Waals surface area (Å²) in [4.78, 5) is 6.76. The van der Waals surface area contributed by atoms with E-state index >= 15 is 0 Å². The summed E-state index contributed by atoms with van der Waals surface area (Å²) in [5.41, 5.74) is 6.13. The van der Waals surface area contributed by atoms with Gasteiger partial charge < -0.3 is 15.2 Å². The Bertz CT molecular complexity index is 356. The van der Waals surface area contributed by atoms with E-state index in [1.165, 1.54) is 25.7 Å². The minimum atomic E-state index is -0.149. The number of nitrogens with zero attached hydrogens (tertiary/aromatic N) is 3. The van der Waals surface area contributed by atoms with Crippen molar-refractivity contribution >= 4 is 0 Å². The fourth-order valence-corrected chi connectivity index (χ4v) is 2.58. The van der Waals surface area contributed by atoms with Crippen molar-refractivity contribution in [2.75, 3.05) is 19.6 Å². The van der Waals surface area contributed by atoms with Crippen LogP contribution < -0.4 is 5.73 Å². The van der Waals surface area contributed by atoms with E-state index in [9.17, 15) is 0 Å². The fraction of sp³-hybridized carbons (Fsp3) is 0.846. The summed E-state index contributed by atoms with van der Waals surface area (Å²) in [6, 6.07) is -0.149. The molecule has 18 heavy (non-hydrogen) atoms. The highest BCUT2D eigenvalue weighted by Crippen LogP contribution is 2.33. The van der Waals surface area contributed by atoms with Gasteiger partial charge in [0.15, 0.2) is 5.82 Å². The molecule has 0 spiro atoms. The van der Waals surface area contributed by atoms with Gasteiger partial charge in [0.1, 0.15) is 0 Å². The van der Waals surface area contributed by atoms with Gasteiger partial charge in [-0.05, 0) is 25.9 Å². The molecule has 1 fully saturated rings. The molecule has 2 N–H and O–H groups in total. The maximum Gasteiger partial charge on any atom is 0.229 e. The minimum absolute atomic E-state index is 0.149. The van der Waals surface area contributed by atoms with Crippen LogP contribution in [0.5, 0.6) is 0 Å². The molecule has 1 heterocycles. The largest absolute Gasteiger partial charge is 0.339 e. The minimum Gasteiger partial charge on any atom is -0.339 e. The third-order valence-electron chi connectivity index (χ3n) is 3.84. The number of hydrogen-bond acceptors (Lipinski definition) is 5. The molecule has 102 valence electrons. The zero-order valence-corrected chi connectivity index (χ0v) is 11.4. The lowest BCUT2D eigenvalue weighted by molar-refractivity contribution is 0.277. The van der Waals surface area contributed by atoms with E-state index in [2.05, 4.69) is 28.9 Å². The summed E-state index contributed by atoms with van der Waals surface area (Å²) in [6.45, 7) is 7.05. The SMILES string of the molecule is CCN(CC)CC(N)c1noc(C2CCCC2)n1. The number of rotatable bonds is 6. The summed E-state index contributed by atoms with van der Waals surface area (Å²) in [5.74, 6) is 1.91. The zero-order chi connectivity index (χ0) is 13.0. The zero-order valence-electron chi connectivity index (χ0n) is 11.4. The van der Waals surface area contributed by atoms with E-state index in [0.717, 1.165) is 25.5 Å². The molecular formula is C13H24N4O. The van der Waals surface area contributed by atoms with E-state index in [-0.39, 0.29) is 6.04 Å². The number of nitrogens with two attached hydrogens (primary N) is 1. The Labute approximate surface area is 109 Å². The molecule has 0 amide bonds. The van der Waals surface area contributed by atoms with E-state index < -0.39 is 0 Å². The van der Waals surface area contributed by atoms with Gasteiger partial charge in [-0.2, -0.15) is 4.98 Å². The van der Waals surface area contributed by atoms with Crippen LogP contribution >= 0.6 is 0 Å². The van der Waals surface area contributed by atoms with E-state index in [1.54, 1.807) is 0 Å². The summed E-state index contributed by atoms with van der Waals surface area (Å²) >= 11 is 0. The second kappa shape index (κ2) is 6.29. The second-order valence-corrected chi connectivity index (χ2v) is 5.06. The Morgan fingerprint density at radius 3 is 2.61 bits per heavy atom. The van der Waals surface area contributed by atoms with Crippen LogP contribution in [0.25, 0.3) is 0 Å². The summed E-state index contributed by atoms with van der Waals surface area (Å²) in [5, 5.41) is 4.04. The Balaban J connectivity index is 1.95. The van der Waals surface area contributed by atoms with Crippen molar-refractivity contribution in [3.8, 4) is 0 Å². The first-order valence-corrected chi connectivity index (χ1v) is 7.06. The first kappa shape index (κ1) is 13.5. The Morgan fingerprint density at radius 2 is 2.00 bits per heavy atom. The van der Waals surface area contributed by atoms with Gasteiger partial charge in [0.2, 0.25) is 5.89 Å². The Morgan fingerprint density at radius 1 is 1.33 bits per heavy atom. The van der Waals surface area contributed by atoms with Crippen molar-refractivity contribution in [2.24, 2.45) is 5.73 Å². The van der Waals surface area contributed by atoms with Crippen molar-refractivity contribution in [1.29, 1.82) is 0 Å². The molecule has 1 aliphatic rings. The van der Waals surface area contributed by atoms with E-state index in [1.807, 2.05) is 0 Å². The first-order valence-electron chi connectivity index (χ1n) is 7.06. The van der Waals surface area contributed by atoms with Gasteiger partial charge in [-0.1, -0.05) is 31.8 Å². The van der Waals surface area contributed by atoms with Crippen LogP contribution in [0.15, 0.2) is 4.52 Å². The molecule has 0 aromatic carbocycles. The van der Waals surface area contributed by atoms with Gasteiger partial charge in [0, 0.05) is 12.5 Å². The van der Waals surface area contributed by atoms with Gasteiger partial charge >= 0.3 is 0 Å². The van der Waals surface area contributed by atoms with Gasteiger partial charge in [-0.15, -0.1) is 0 Å². The van der Waals surface area contributed by atoms with Gasteiger partial charge in [-0.25, -0.2) is 0 Å². The van der Waals surface area contributed by atoms with Gasteiger partial charge in [0.25, 0.3) is 0 Å². The van der Waals surface area contributed by atoms with Crippen LogP contribution in [0.4, 0.5) is 0 Å². The number of aromatic nitrogens is 2. The van der Waals surface area contributed by atoms with Crippen molar-refractivity contribution in [3.05, 3.63) is 11.7 Å². The normalized spacial score (nSPS) is 18.7. The molecule has 5 nitrogen and oxygen atoms in total. The molecule has 0 saturated heterocycles. The van der Waals surface area contributed by atoms with E-state index in [0.29, 0.717) is 11.7 Å². The average molecular weight is 252 g/mol. The molecule has 1 aromatic heterocycles. The van der Waals surface area contributed by atoms with Crippen LogP contribution in [0.1, 0.15) is 63.2 Å². The molecule has 5 heteroatoms. The average Bonchev–Trinajstić information content (AvgIpc) is 3.04. The monoisotopic (exact) mass is 252 g/mol. The highest BCUT2D eigenvalue weighted by Gasteiger charge is 2.24. The predicted octanol–water partition coefficient (Wildman–Crippen LogP) is 2.07. The topological polar surface area (TPSA) is 68.2 Å².